The van der Waals surface area contributed by atoms with Crippen LogP contribution in [0.25, 0.3) is 0 Å². The Morgan fingerprint density at radius 2 is 2.00 bits per heavy atom. The Bertz CT molecular complexity index is 343. The van der Waals surface area contributed by atoms with E-state index in [0.717, 1.165) is 29.2 Å². The highest BCUT2D eigenvalue weighted by Crippen LogP contribution is 2.29. The van der Waals surface area contributed by atoms with Crippen LogP contribution in [-0.4, -0.2) is 13.1 Å². The second kappa shape index (κ2) is 4.44. The molecule has 0 unspecified atom stereocenters. The van der Waals surface area contributed by atoms with Gasteiger partial charge in [0, 0.05) is 17.6 Å². The SMILES string of the molecule is CC1CCN(c2ccc(Br)cc2N)CC1. The number of nitrogens with zero attached hydrogens (tertiary/aromatic N) is 1. The number of anilines is 2. The molecular weight excluding hydrogens is 252 g/mol. The van der Waals surface area contributed by atoms with Crippen LogP contribution >= 0.6 is 15.9 Å². The first-order valence-corrected chi connectivity index (χ1v) is 6.26. The van der Waals surface area contributed by atoms with Gasteiger partial charge in [0.15, 0.2) is 0 Å². The Hall–Kier alpha value is -0.700. The summed E-state index contributed by atoms with van der Waals surface area (Å²) in [4.78, 5) is 2.39. The van der Waals surface area contributed by atoms with Gasteiger partial charge in [0.1, 0.15) is 0 Å². The van der Waals surface area contributed by atoms with E-state index in [1.807, 2.05) is 6.07 Å². The highest BCUT2D eigenvalue weighted by Gasteiger charge is 2.17. The molecule has 1 heterocycles. The monoisotopic (exact) mass is 268 g/mol. The van der Waals surface area contributed by atoms with Crippen LogP contribution in [-0.2, 0) is 0 Å². The van der Waals surface area contributed by atoms with Crippen molar-refractivity contribution in [3.8, 4) is 0 Å². The number of rotatable bonds is 1. The maximum atomic E-state index is 6.02. The van der Waals surface area contributed by atoms with Crippen molar-refractivity contribution in [3.05, 3.63) is 22.7 Å². The number of nitrogen functional groups attached to an aromatic ring is 1. The molecule has 1 aromatic carbocycles. The fourth-order valence-corrected chi connectivity index (χ4v) is 2.44. The van der Waals surface area contributed by atoms with Gasteiger partial charge in [-0.05, 0) is 37.0 Å². The molecule has 0 aromatic heterocycles. The fraction of sp³-hybridized carbons (Fsp3) is 0.500. The van der Waals surface area contributed by atoms with E-state index >= 15 is 0 Å². The summed E-state index contributed by atoms with van der Waals surface area (Å²) < 4.78 is 1.05. The Balaban J connectivity index is 2.15. The van der Waals surface area contributed by atoms with Crippen LogP contribution in [0.3, 0.4) is 0 Å². The highest BCUT2D eigenvalue weighted by atomic mass is 79.9. The molecule has 15 heavy (non-hydrogen) atoms. The van der Waals surface area contributed by atoms with Crippen molar-refractivity contribution in [1.82, 2.24) is 0 Å². The molecule has 1 aromatic rings. The van der Waals surface area contributed by atoms with Crippen LogP contribution in [0.1, 0.15) is 19.8 Å². The van der Waals surface area contributed by atoms with E-state index in [-0.39, 0.29) is 0 Å². The van der Waals surface area contributed by atoms with E-state index in [0.29, 0.717) is 0 Å². The van der Waals surface area contributed by atoms with Crippen molar-refractivity contribution in [2.75, 3.05) is 23.7 Å². The van der Waals surface area contributed by atoms with Gasteiger partial charge in [-0.25, -0.2) is 0 Å². The topological polar surface area (TPSA) is 29.3 Å². The van der Waals surface area contributed by atoms with Crippen LogP contribution in [0, 0.1) is 5.92 Å². The van der Waals surface area contributed by atoms with Gasteiger partial charge in [0.25, 0.3) is 0 Å². The van der Waals surface area contributed by atoms with E-state index in [2.05, 4.69) is 39.9 Å². The minimum absolute atomic E-state index is 0.859. The van der Waals surface area contributed by atoms with E-state index in [1.165, 1.54) is 18.5 Å². The molecule has 82 valence electrons. The van der Waals surface area contributed by atoms with E-state index in [1.54, 1.807) is 0 Å². The van der Waals surface area contributed by atoms with Crippen LogP contribution in [0.2, 0.25) is 0 Å². The average molecular weight is 269 g/mol. The summed E-state index contributed by atoms with van der Waals surface area (Å²) >= 11 is 3.43. The van der Waals surface area contributed by atoms with Crippen molar-refractivity contribution in [2.45, 2.75) is 19.8 Å². The molecule has 3 heteroatoms. The summed E-state index contributed by atoms with van der Waals surface area (Å²) in [5, 5.41) is 0. The predicted octanol–water partition coefficient (Wildman–Crippen LogP) is 3.27. The Morgan fingerprint density at radius 3 is 2.60 bits per heavy atom. The fourth-order valence-electron chi connectivity index (χ4n) is 2.06. The number of halogens is 1. The average Bonchev–Trinajstić information content (AvgIpc) is 2.20. The van der Waals surface area contributed by atoms with Crippen LogP contribution in [0.15, 0.2) is 22.7 Å². The molecule has 0 bridgehead atoms. The second-order valence-electron chi connectivity index (χ2n) is 4.37. The lowest BCUT2D eigenvalue weighted by atomic mass is 9.98. The molecule has 2 N–H and O–H groups in total. The van der Waals surface area contributed by atoms with Gasteiger partial charge in [-0.2, -0.15) is 0 Å². The van der Waals surface area contributed by atoms with E-state index in [4.69, 9.17) is 5.73 Å². The van der Waals surface area contributed by atoms with Gasteiger partial charge in [-0.3, -0.25) is 0 Å². The van der Waals surface area contributed by atoms with Crippen LogP contribution in [0.5, 0.6) is 0 Å². The first-order chi connectivity index (χ1) is 7.16. The molecule has 0 spiro atoms. The van der Waals surface area contributed by atoms with Gasteiger partial charge < -0.3 is 10.6 Å². The lowest BCUT2D eigenvalue weighted by Crippen LogP contribution is -2.33. The highest BCUT2D eigenvalue weighted by molar-refractivity contribution is 9.10. The molecule has 0 atom stereocenters. The van der Waals surface area contributed by atoms with Crippen LogP contribution in [0.4, 0.5) is 11.4 Å². The van der Waals surface area contributed by atoms with Crippen molar-refractivity contribution in [3.63, 3.8) is 0 Å². The number of benzene rings is 1. The summed E-state index contributed by atoms with van der Waals surface area (Å²) in [6.45, 7) is 4.59. The Kier molecular flexibility index (Phi) is 3.19. The third-order valence-corrected chi connectivity index (χ3v) is 3.61. The molecule has 1 saturated heterocycles. The zero-order valence-electron chi connectivity index (χ0n) is 9.04. The first kappa shape index (κ1) is 10.8. The smallest absolute Gasteiger partial charge is 0.0600 e. The summed E-state index contributed by atoms with van der Waals surface area (Å²) in [7, 11) is 0. The maximum Gasteiger partial charge on any atom is 0.0600 e. The molecule has 0 aliphatic carbocycles. The standard InChI is InChI=1S/C12H17BrN2/c1-9-4-6-15(7-5-9)12-3-2-10(13)8-11(12)14/h2-3,8-9H,4-7,14H2,1H3. The van der Waals surface area contributed by atoms with Gasteiger partial charge in [0.05, 0.1) is 11.4 Å². The number of hydrogen-bond acceptors (Lipinski definition) is 2. The van der Waals surface area contributed by atoms with Gasteiger partial charge in [-0.1, -0.05) is 22.9 Å². The third-order valence-electron chi connectivity index (χ3n) is 3.11. The second-order valence-corrected chi connectivity index (χ2v) is 5.29. The molecule has 1 aliphatic rings. The molecule has 0 radical (unpaired) electrons. The Labute approximate surface area is 99.6 Å². The predicted molar refractivity (Wildman–Crippen MR) is 69.2 cm³/mol. The number of hydrogen-bond donors (Lipinski definition) is 1. The molecule has 1 fully saturated rings. The third kappa shape index (κ3) is 2.46. The van der Waals surface area contributed by atoms with Crippen molar-refractivity contribution < 1.29 is 0 Å². The first-order valence-electron chi connectivity index (χ1n) is 5.47. The molecule has 2 rings (SSSR count). The minimum atomic E-state index is 0.859. The summed E-state index contributed by atoms with van der Waals surface area (Å²) in [5.74, 6) is 0.859. The zero-order valence-corrected chi connectivity index (χ0v) is 10.6. The largest absolute Gasteiger partial charge is 0.397 e. The molecule has 2 nitrogen and oxygen atoms in total. The normalized spacial score (nSPS) is 18.1. The maximum absolute atomic E-state index is 6.02. The lowest BCUT2D eigenvalue weighted by molar-refractivity contribution is 0.438. The van der Waals surface area contributed by atoms with Crippen LogP contribution < -0.4 is 10.6 Å². The van der Waals surface area contributed by atoms with Crippen molar-refractivity contribution in [2.24, 2.45) is 5.92 Å². The molecule has 1 aliphatic heterocycles. The van der Waals surface area contributed by atoms with Gasteiger partial charge in [-0.15, -0.1) is 0 Å². The summed E-state index contributed by atoms with van der Waals surface area (Å²) in [6.07, 6.45) is 2.55. The molecular formula is C12H17BrN2. The number of piperidine rings is 1. The van der Waals surface area contributed by atoms with E-state index < -0.39 is 0 Å². The van der Waals surface area contributed by atoms with E-state index in [9.17, 15) is 0 Å². The van der Waals surface area contributed by atoms with Gasteiger partial charge >= 0.3 is 0 Å². The quantitative estimate of drug-likeness (QED) is 0.793. The zero-order chi connectivity index (χ0) is 10.8. The van der Waals surface area contributed by atoms with Crippen molar-refractivity contribution in [1.29, 1.82) is 0 Å². The molecule has 0 saturated carbocycles. The van der Waals surface area contributed by atoms with Gasteiger partial charge in [0.2, 0.25) is 0 Å². The summed E-state index contributed by atoms with van der Waals surface area (Å²) in [6, 6.07) is 6.15. The Morgan fingerprint density at radius 1 is 1.33 bits per heavy atom. The lowest BCUT2D eigenvalue weighted by Gasteiger charge is -2.32. The summed E-state index contributed by atoms with van der Waals surface area (Å²) in [5.41, 5.74) is 8.07. The minimum Gasteiger partial charge on any atom is -0.397 e. The van der Waals surface area contributed by atoms with Crippen molar-refractivity contribution >= 4 is 27.3 Å². The number of nitrogens with two attached hydrogens (primary N) is 1. The molecule has 0 amide bonds.